The SMILES string of the molecule is COc1cccc(CNCCCN2CCOCC2)c1OCc1c(Cl)cccc1Cl. The molecule has 0 amide bonds. The summed E-state index contributed by atoms with van der Waals surface area (Å²) in [5.74, 6) is 1.41. The molecule has 5 nitrogen and oxygen atoms in total. The number of para-hydroxylation sites is 1. The third-order valence-corrected chi connectivity index (χ3v) is 5.66. The zero-order valence-corrected chi connectivity index (χ0v) is 18.3. The van der Waals surface area contributed by atoms with E-state index in [4.69, 9.17) is 37.4 Å². The van der Waals surface area contributed by atoms with Crippen molar-refractivity contribution in [2.45, 2.75) is 19.6 Å². The van der Waals surface area contributed by atoms with Crippen molar-refractivity contribution in [1.29, 1.82) is 0 Å². The first kappa shape index (κ1) is 22.2. The summed E-state index contributed by atoms with van der Waals surface area (Å²) in [5, 5.41) is 4.69. The van der Waals surface area contributed by atoms with Gasteiger partial charge in [-0.05, 0) is 37.7 Å². The summed E-state index contributed by atoms with van der Waals surface area (Å²) in [6.45, 7) is 6.74. The molecule has 1 heterocycles. The fraction of sp³-hybridized carbons (Fsp3) is 0.455. The van der Waals surface area contributed by atoms with Crippen LogP contribution >= 0.6 is 23.2 Å². The van der Waals surface area contributed by atoms with Crippen LogP contribution in [0.2, 0.25) is 10.0 Å². The lowest BCUT2D eigenvalue weighted by atomic mass is 10.1. The molecule has 0 aromatic heterocycles. The minimum absolute atomic E-state index is 0.281. The number of hydrogen-bond donors (Lipinski definition) is 1. The second-order valence-corrected chi connectivity index (χ2v) is 7.74. The number of methoxy groups -OCH3 is 1. The molecule has 1 N–H and O–H groups in total. The molecule has 158 valence electrons. The molecule has 29 heavy (non-hydrogen) atoms. The Hall–Kier alpha value is -1.50. The lowest BCUT2D eigenvalue weighted by Gasteiger charge is -2.26. The number of nitrogens with zero attached hydrogens (tertiary/aromatic N) is 1. The van der Waals surface area contributed by atoms with Crippen LogP contribution in [0.1, 0.15) is 17.5 Å². The highest BCUT2D eigenvalue weighted by Gasteiger charge is 2.14. The van der Waals surface area contributed by atoms with Crippen LogP contribution in [0.15, 0.2) is 36.4 Å². The lowest BCUT2D eigenvalue weighted by Crippen LogP contribution is -2.37. The average Bonchev–Trinajstić information content (AvgIpc) is 2.74. The first-order chi connectivity index (χ1) is 14.2. The van der Waals surface area contributed by atoms with Gasteiger partial charge in [-0.25, -0.2) is 0 Å². The Morgan fingerprint density at radius 1 is 1.07 bits per heavy atom. The van der Waals surface area contributed by atoms with Gasteiger partial charge in [-0.15, -0.1) is 0 Å². The van der Waals surface area contributed by atoms with Gasteiger partial charge in [0, 0.05) is 40.8 Å². The molecule has 0 aliphatic carbocycles. The zero-order chi connectivity index (χ0) is 20.5. The number of morpholine rings is 1. The Morgan fingerprint density at radius 2 is 1.79 bits per heavy atom. The molecular formula is C22H28Cl2N2O3. The molecule has 3 rings (SSSR count). The fourth-order valence-electron chi connectivity index (χ4n) is 3.32. The van der Waals surface area contributed by atoms with Crippen molar-refractivity contribution in [3.05, 3.63) is 57.6 Å². The summed E-state index contributed by atoms with van der Waals surface area (Å²) < 4.78 is 17.0. The number of ether oxygens (including phenoxy) is 3. The normalized spacial score (nSPS) is 14.7. The Labute approximate surface area is 182 Å². The van der Waals surface area contributed by atoms with Crippen molar-refractivity contribution >= 4 is 23.2 Å². The van der Waals surface area contributed by atoms with Crippen molar-refractivity contribution in [2.24, 2.45) is 0 Å². The molecule has 2 aromatic rings. The van der Waals surface area contributed by atoms with Crippen LogP contribution in [-0.4, -0.2) is 51.4 Å². The van der Waals surface area contributed by atoms with Crippen molar-refractivity contribution in [1.82, 2.24) is 10.2 Å². The van der Waals surface area contributed by atoms with Gasteiger partial charge in [0.1, 0.15) is 6.61 Å². The van der Waals surface area contributed by atoms with E-state index in [1.165, 1.54) is 0 Å². The highest BCUT2D eigenvalue weighted by Crippen LogP contribution is 2.33. The molecule has 0 saturated carbocycles. The summed E-state index contributed by atoms with van der Waals surface area (Å²) >= 11 is 12.5. The van der Waals surface area contributed by atoms with E-state index in [-0.39, 0.29) is 6.61 Å². The van der Waals surface area contributed by atoms with Gasteiger partial charge >= 0.3 is 0 Å². The van der Waals surface area contributed by atoms with E-state index in [9.17, 15) is 0 Å². The quantitative estimate of drug-likeness (QED) is 0.557. The van der Waals surface area contributed by atoms with E-state index < -0.39 is 0 Å². The Bertz CT molecular complexity index is 762. The monoisotopic (exact) mass is 438 g/mol. The second-order valence-electron chi connectivity index (χ2n) is 6.92. The predicted molar refractivity (Wildman–Crippen MR) is 117 cm³/mol. The van der Waals surface area contributed by atoms with Crippen LogP contribution in [0.5, 0.6) is 11.5 Å². The minimum atomic E-state index is 0.281. The van der Waals surface area contributed by atoms with Crippen molar-refractivity contribution < 1.29 is 14.2 Å². The van der Waals surface area contributed by atoms with Crippen LogP contribution in [0.3, 0.4) is 0 Å². The van der Waals surface area contributed by atoms with E-state index in [0.717, 1.165) is 56.9 Å². The van der Waals surface area contributed by atoms with Gasteiger partial charge in [-0.3, -0.25) is 4.90 Å². The van der Waals surface area contributed by atoms with E-state index in [0.29, 0.717) is 28.1 Å². The molecule has 7 heteroatoms. The Kier molecular flexibility index (Phi) is 8.90. The third kappa shape index (κ3) is 6.49. The summed E-state index contributed by atoms with van der Waals surface area (Å²) in [5.41, 5.74) is 1.81. The first-order valence-electron chi connectivity index (χ1n) is 9.91. The van der Waals surface area contributed by atoms with Gasteiger partial charge in [0.05, 0.1) is 20.3 Å². The van der Waals surface area contributed by atoms with Crippen molar-refractivity contribution in [3.8, 4) is 11.5 Å². The van der Waals surface area contributed by atoms with E-state index in [1.807, 2.05) is 36.4 Å². The number of rotatable bonds is 10. The van der Waals surface area contributed by atoms with Crippen LogP contribution in [0.25, 0.3) is 0 Å². The molecule has 0 radical (unpaired) electrons. The van der Waals surface area contributed by atoms with E-state index >= 15 is 0 Å². The van der Waals surface area contributed by atoms with Crippen LogP contribution in [-0.2, 0) is 17.9 Å². The summed E-state index contributed by atoms with van der Waals surface area (Å²) in [6, 6.07) is 11.4. The predicted octanol–water partition coefficient (Wildman–Crippen LogP) is 4.39. The van der Waals surface area contributed by atoms with Gasteiger partial charge in [0.2, 0.25) is 0 Å². The number of halogens is 2. The summed E-state index contributed by atoms with van der Waals surface area (Å²) in [6.07, 6.45) is 1.09. The minimum Gasteiger partial charge on any atom is -0.493 e. The summed E-state index contributed by atoms with van der Waals surface area (Å²) in [4.78, 5) is 2.44. The Morgan fingerprint density at radius 3 is 2.52 bits per heavy atom. The highest BCUT2D eigenvalue weighted by atomic mass is 35.5. The Balaban J connectivity index is 1.56. The molecule has 0 unspecified atom stereocenters. The molecule has 1 saturated heterocycles. The largest absolute Gasteiger partial charge is 0.493 e. The summed E-state index contributed by atoms with van der Waals surface area (Å²) in [7, 11) is 1.64. The van der Waals surface area contributed by atoms with Gasteiger partial charge in [-0.1, -0.05) is 41.4 Å². The maximum atomic E-state index is 6.27. The lowest BCUT2D eigenvalue weighted by molar-refractivity contribution is 0.0374. The molecule has 1 aliphatic rings. The van der Waals surface area contributed by atoms with Crippen LogP contribution in [0.4, 0.5) is 0 Å². The van der Waals surface area contributed by atoms with Gasteiger partial charge in [-0.2, -0.15) is 0 Å². The fourth-order valence-corrected chi connectivity index (χ4v) is 3.82. The zero-order valence-electron chi connectivity index (χ0n) is 16.8. The number of hydrogen-bond acceptors (Lipinski definition) is 5. The first-order valence-corrected chi connectivity index (χ1v) is 10.7. The molecule has 0 atom stereocenters. The van der Waals surface area contributed by atoms with Gasteiger partial charge in [0.25, 0.3) is 0 Å². The second kappa shape index (κ2) is 11.6. The van der Waals surface area contributed by atoms with E-state index in [2.05, 4.69) is 10.2 Å². The molecular weight excluding hydrogens is 411 g/mol. The molecule has 1 fully saturated rings. The standard InChI is InChI=1S/C22H28Cl2N2O3/c1-27-21-8-2-5-17(15-25-9-4-10-26-11-13-28-14-12-26)22(21)29-16-18-19(23)6-3-7-20(18)24/h2-3,5-8,25H,4,9-16H2,1H3. The number of nitrogens with one attached hydrogen (secondary N) is 1. The highest BCUT2D eigenvalue weighted by molar-refractivity contribution is 6.35. The van der Waals surface area contributed by atoms with Gasteiger partial charge in [0.15, 0.2) is 11.5 Å². The van der Waals surface area contributed by atoms with Crippen LogP contribution < -0.4 is 14.8 Å². The topological polar surface area (TPSA) is 43.0 Å². The molecule has 1 aliphatic heterocycles. The maximum Gasteiger partial charge on any atom is 0.166 e. The molecule has 0 spiro atoms. The van der Waals surface area contributed by atoms with E-state index in [1.54, 1.807) is 7.11 Å². The molecule has 0 bridgehead atoms. The maximum absolute atomic E-state index is 6.27. The van der Waals surface area contributed by atoms with Crippen molar-refractivity contribution in [3.63, 3.8) is 0 Å². The average molecular weight is 439 g/mol. The smallest absolute Gasteiger partial charge is 0.166 e. The van der Waals surface area contributed by atoms with Crippen molar-refractivity contribution in [2.75, 3.05) is 46.5 Å². The molecule has 2 aromatic carbocycles. The number of benzene rings is 2. The van der Waals surface area contributed by atoms with Crippen LogP contribution in [0, 0.1) is 0 Å². The third-order valence-electron chi connectivity index (χ3n) is 4.95. The van der Waals surface area contributed by atoms with Gasteiger partial charge < -0.3 is 19.5 Å².